The van der Waals surface area contributed by atoms with E-state index in [4.69, 9.17) is 4.74 Å². The van der Waals surface area contributed by atoms with Gasteiger partial charge in [-0.3, -0.25) is 4.79 Å². The number of ether oxygens (including phenoxy) is 1. The summed E-state index contributed by atoms with van der Waals surface area (Å²) in [7, 11) is 1.36. The number of carbonyl (C=O) groups excluding carboxylic acids is 1. The molecule has 0 saturated carbocycles. The lowest BCUT2D eigenvalue weighted by atomic mass is 10.1. The highest BCUT2D eigenvalue weighted by molar-refractivity contribution is 9.10. The zero-order chi connectivity index (χ0) is 15.6. The van der Waals surface area contributed by atoms with Gasteiger partial charge in [-0.15, -0.1) is 0 Å². The van der Waals surface area contributed by atoms with Crippen molar-refractivity contribution in [2.45, 2.75) is 13.8 Å². The molecule has 0 atom stereocenters. The fourth-order valence-electron chi connectivity index (χ4n) is 2.02. The van der Waals surface area contributed by atoms with Crippen LogP contribution in [0.25, 0.3) is 0 Å². The van der Waals surface area contributed by atoms with E-state index in [1.165, 1.54) is 25.3 Å². The number of benzene rings is 2. The molecule has 21 heavy (non-hydrogen) atoms. The Balaban J connectivity index is 2.26. The fraction of sp³-hybridized carbons (Fsp3) is 0.188. The second kappa shape index (κ2) is 6.26. The van der Waals surface area contributed by atoms with E-state index in [-0.39, 0.29) is 11.7 Å². The fourth-order valence-corrected chi connectivity index (χ4v) is 2.25. The third-order valence-electron chi connectivity index (χ3n) is 3.11. The zero-order valence-electron chi connectivity index (χ0n) is 12.0. The Morgan fingerprint density at radius 3 is 2.38 bits per heavy atom. The first-order valence-electron chi connectivity index (χ1n) is 6.34. The average Bonchev–Trinajstić information content (AvgIpc) is 2.45. The highest BCUT2D eigenvalue weighted by Gasteiger charge is 2.11. The van der Waals surface area contributed by atoms with E-state index in [0.29, 0.717) is 11.3 Å². The quantitative estimate of drug-likeness (QED) is 0.885. The van der Waals surface area contributed by atoms with Crippen molar-refractivity contribution in [2.24, 2.45) is 0 Å². The second-order valence-corrected chi connectivity index (χ2v) is 5.52. The number of amides is 1. The first kappa shape index (κ1) is 15.5. The molecule has 5 heteroatoms. The van der Waals surface area contributed by atoms with Gasteiger partial charge in [-0.05, 0) is 55.3 Å². The van der Waals surface area contributed by atoms with Gasteiger partial charge in [0.05, 0.1) is 7.11 Å². The molecule has 1 N–H and O–H groups in total. The number of halogens is 2. The molecule has 0 spiro atoms. The summed E-state index contributed by atoms with van der Waals surface area (Å²) < 4.78 is 19.2. The van der Waals surface area contributed by atoms with Gasteiger partial charge in [-0.1, -0.05) is 15.9 Å². The third-order valence-corrected chi connectivity index (χ3v) is 4.36. The van der Waals surface area contributed by atoms with E-state index >= 15 is 0 Å². The van der Waals surface area contributed by atoms with Crippen molar-refractivity contribution in [1.29, 1.82) is 0 Å². The lowest BCUT2D eigenvalue weighted by Gasteiger charge is -2.10. The zero-order valence-corrected chi connectivity index (χ0v) is 13.5. The molecular formula is C16H15BrFNO2. The predicted octanol–water partition coefficient (Wildman–Crippen LogP) is 4.47. The van der Waals surface area contributed by atoms with Gasteiger partial charge < -0.3 is 10.1 Å². The maximum absolute atomic E-state index is 13.3. The topological polar surface area (TPSA) is 38.3 Å². The van der Waals surface area contributed by atoms with Crippen LogP contribution in [-0.2, 0) is 0 Å². The molecule has 2 rings (SSSR count). The van der Waals surface area contributed by atoms with Crippen LogP contribution in [0.3, 0.4) is 0 Å². The highest BCUT2D eigenvalue weighted by Crippen LogP contribution is 2.25. The second-order valence-electron chi connectivity index (χ2n) is 4.73. The lowest BCUT2D eigenvalue weighted by Crippen LogP contribution is -2.12. The molecule has 1 amide bonds. The van der Waals surface area contributed by atoms with Gasteiger partial charge in [0.25, 0.3) is 5.91 Å². The van der Waals surface area contributed by atoms with Crippen LogP contribution in [0.5, 0.6) is 5.75 Å². The minimum Gasteiger partial charge on any atom is -0.494 e. The molecule has 0 heterocycles. The van der Waals surface area contributed by atoms with Gasteiger partial charge in [0, 0.05) is 15.7 Å². The Kier molecular flexibility index (Phi) is 4.63. The maximum atomic E-state index is 13.3. The SMILES string of the molecule is COc1cc(C(=O)Nc2cc(C)c(Br)c(C)c2)ccc1F. The molecule has 2 aromatic carbocycles. The van der Waals surface area contributed by atoms with Crippen molar-refractivity contribution < 1.29 is 13.9 Å². The standard InChI is InChI=1S/C16H15BrFNO2/c1-9-6-12(7-10(2)15(9)17)19-16(20)11-4-5-13(18)14(8-11)21-3/h4-8H,1-3H3,(H,19,20). The minimum absolute atomic E-state index is 0.0471. The number of methoxy groups -OCH3 is 1. The molecule has 0 aliphatic heterocycles. The van der Waals surface area contributed by atoms with Crippen molar-refractivity contribution >= 4 is 27.5 Å². The van der Waals surface area contributed by atoms with Crippen LogP contribution in [0.2, 0.25) is 0 Å². The number of nitrogens with one attached hydrogen (secondary N) is 1. The summed E-state index contributed by atoms with van der Waals surface area (Å²) in [5, 5.41) is 2.80. The molecule has 0 saturated heterocycles. The Hall–Kier alpha value is -1.88. The van der Waals surface area contributed by atoms with Crippen LogP contribution in [0.1, 0.15) is 21.5 Å². The summed E-state index contributed by atoms with van der Waals surface area (Å²) in [6, 6.07) is 7.76. The van der Waals surface area contributed by atoms with E-state index in [2.05, 4.69) is 21.2 Å². The molecular weight excluding hydrogens is 337 g/mol. The summed E-state index contributed by atoms with van der Waals surface area (Å²) in [4.78, 5) is 12.2. The Morgan fingerprint density at radius 1 is 1.19 bits per heavy atom. The van der Waals surface area contributed by atoms with Gasteiger partial charge in [0.15, 0.2) is 11.6 Å². The molecule has 0 unspecified atom stereocenters. The van der Waals surface area contributed by atoms with Crippen LogP contribution in [0.4, 0.5) is 10.1 Å². The van der Waals surface area contributed by atoms with Crippen LogP contribution in [-0.4, -0.2) is 13.0 Å². The molecule has 0 bridgehead atoms. The number of carbonyl (C=O) groups is 1. The molecule has 0 radical (unpaired) electrons. The number of hydrogen-bond acceptors (Lipinski definition) is 2. The summed E-state index contributed by atoms with van der Waals surface area (Å²) in [6.45, 7) is 3.90. The molecule has 110 valence electrons. The van der Waals surface area contributed by atoms with Crippen LogP contribution in [0, 0.1) is 19.7 Å². The van der Waals surface area contributed by atoms with Crippen LogP contribution in [0.15, 0.2) is 34.8 Å². The third kappa shape index (κ3) is 3.42. The first-order valence-corrected chi connectivity index (χ1v) is 7.13. The van der Waals surface area contributed by atoms with E-state index in [0.717, 1.165) is 15.6 Å². The molecule has 0 aromatic heterocycles. The molecule has 3 nitrogen and oxygen atoms in total. The number of hydrogen-bond donors (Lipinski definition) is 1. The van der Waals surface area contributed by atoms with Crippen LogP contribution >= 0.6 is 15.9 Å². The van der Waals surface area contributed by atoms with Gasteiger partial charge in [0.2, 0.25) is 0 Å². The first-order chi connectivity index (χ1) is 9.92. The summed E-state index contributed by atoms with van der Waals surface area (Å²) in [5.41, 5.74) is 3.09. The summed E-state index contributed by atoms with van der Waals surface area (Å²) in [6.07, 6.45) is 0. The average molecular weight is 352 g/mol. The van der Waals surface area contributed by atoms with Crippen molar-refractivity contribution in [3.8, 4) is 5.75 Å². The lowest BCUT2D eigenvalue weighted by molar-refractivity contribution is 0.102. The van der Waals surface area contributed by atoms with Crippen LogP contribution < -0.4 is 10.1 Å². The van der Waals surface area contributed by atoms with Crippen molar-refractivity contribution in [3.05, 3.63) is 57.3 Å². The normalized spacial score (nSPS) is 10.3. The number of aryl methyl sites for hydroxylation is 2. The van der Waals surface area contributed by atoms with Crippen molar-refractivity contribution in [1.82, 2.24) is 0 Å². The maximum Gasteiger partial charge on any atom is 0.255 e. The molecule has 0 aliphatic carbocycles. The van der Waals surface area contributed by atoms with Gasteiger partial charge in [-0.2, -0.15) is 0 Å². The van der Waals surface area contributed by atoms with E-state index < -0.39 is 5.82 Å². The Morgan fingerprint density at radius 2 is 1.81 bits per heavy atom. The number of anilines is 1. The monoisotopic (exact) mass is 351 g/mol. The van der Waals surface area contributed by atoms with Gasteiger partial charge >= 0.3 is 0 Å². The van der Waals surface area contributed by atoms with E-state index in [1.807, 2.05) is 26.0 Å². The van der Waals surface area contributed by atoms with Gasteiger partial charge in [0.1, 0.15) is 0 Å². The van der Waals surface area contributed by atoms with Gasteiger partial charge in [-0.25, -0.2) is 4.39 Å². The Labute approximate surface area is 131 Å². The van der Waals surface area contributed by atoms with Crippen molar-refractivity contribution in [3.63, 3.8) is 0 Å². The van der Waals surface area contributed by atoms with E-state index in [9.17, 15) is 9.18 Å². The summed E-state index contributed by atoms with van der Waals surface area (Å²) >= 11 is 3.48. The Bertz CT molecular complexity index is 678. The number of rotatable bonds is 3. The molecule has 0 fully saturated rings. The van der Waals surface area contributed by atoms with Crippen molar-refractivity contribution in [2.75, 3.05) is 12.4 Å². The molecule has 2 aromatic rings. The highest BCUT2D eigenvalue weighted by atomic mass is 79.9. The summed E-state index contributed by atoms with van der Waals surface area (Å²) in [5.74, 6) is -0.760. The van der Waals surface area contributed by atoms with E-state index in [1.54, 1.807) is 0 Å². The predicted molar refractivity (Wildman–Crippen MR) is 84.5 cm³/mol. The smallest absolute Gasteiger partial charge is 0.255 e. The molecule has 0 aliphatic rings. The minimum atomic E-state index is -0.496. The largest absolute Gasteiger partial charge is 0.494 e.